The van der Waals surface area contributed by atoms with Gasteiger partial charge in [0.25, 0.3) is 0 Å². The van der Waals surface area contributed by atoms with Gasteiger partial charge in [-0.1, -0.05) is 42.2 Å². The van der Waals surface area contributed by atoms with Crippen molar-refractivity contribution in [3.63, 3.8) is 0 Å². The molecule has 27 heavy (non-hydrogen) atoms. The predicted molar refractivity (Wildman–Crippen MR) is 96.3 cm³/mol. The van der Waals surface area contributed by atoms with Crippen LogP contribution in [0, 0.1) is 22.0 Å². The Hall–Kier alpha value is -3.86. The molecule has 8 nitrogen and oxygen atoms in total. The molecule has 0 aromatic heterocycles. The number of amides is 1. The smallest absolute Gasteiger partial charge is 0.407 e. The van der Waals surface area contributed by atoms with Crippen molar-refractivity contribution >= 4 is 18.1 Å². The van der Waals surface area contributed by atoms with Crippen LogP contribution in [0.4, 0.5) is 10.5 Å². The van der Waals surface area contributed by atoms with Crippen LogP contribution in [-0.4, -0.2) is 29.0 Å². The van der Waals surface area contributed by atoms with Crippen LogP contribution in [0.1, 0.15) is 27.9 Å². The van der Waals surface area contributed by atoms with Gasteiger partial charge >= 0.3 is 11.8 Å². The van der Waals surface area contributed by atoms with Gasteiger partial charge in [-0.15, -0.1) is 0 Å². The van der Waals surface area contributed by atoms with E-state index in [1.807, 2.05) is 30.3 Å². The first kappa shape index (κ1) is 19.5. The van der Waals surface area contributed by atoms with E-state index in [-0.39, 0.29) is 30.7 Å². The highest BCUT2D eigenvalue weighted by atomic mass is 16.6. The maximum absolute atomic E-state index is 11.6. The minimum Gasteiger partial charge on any atom is -0.502 e. The fourth-order valence-corrected chi connectivity index (χ4v) is 2.11. The van der Waals surface area contributed by atoms with Gasteiger partial charge in [0.05, 0.1) is 10.5 Å². The largest absolute Gasteiger partial charge is 0.502 e. The maximum Gasteiger partial charge on any atom is 0.407 e. The van der Waals surface area contributed by atoms with E-state index in [2.05, 4.69) is 17.2 Å². The van der Waals surface area contributed by atoms with E-state index in [0.717, 1.165) is 11.6 Å². The summed E-state index contributed by atoms with van der Waals surface area (Å²) in [4.78, 5) is 32.5. The molecule has 2 aromatic carbocycles. The van der Waals surface area contributed by atoms with E-state index in [0.29, 0.717) is 6.29 Å². The first-order chi connectivity index (χ1) is 13.0. The molecule has 0 radical (unpaired) electrons. The van der Waals surface area contributed by atoms with Crippen molar-refractivity contribution in [2.24, 2.45) is 0 Å². The average molecular weight is 368 g/mol. The summed E-state index contributed by atoms with van der Waals surface area (Å²) in [5.74, 6) is 4.69. The average Bonchev–Trinajstić information content (AvgIpc) is 2.67. The van der Waals surface area contributed by atoms with Gasteiger partial charge in [-0.2, -0.15) is 0 Å². The van der Waals surface area contributed by atoms with Crippen LogP contribution in [0.2, 0.25) is 0 Å². The number of nitro benzene ring substituents is 1. The summed E-state index contributed by atoms with van der Waals surface area (Å²) in [6, 6.07) is 11.6. The second kappa shape index (κ2) is 9.58. The Balaban J connectivity index is 1.85. The third kappa shape index (κ3) is 5.86. The lowest BCUT2D eigenvalue weighted by Gasteiger charge is -2.05. The lowest BCUT2D eigenvalue weighted by molar-refractivity contribution is -0.385. The third-order valence-corrected chi connectivity index (χ3v) is 3.41. The molecule has 0 atom stereocenters. The van der Waals surface area contributed by atoms with Crippen LogP contribution in [0.3, 0.4) is 0 Å². The Labute approximate surface area is 154 Å². The molecule has 0 spiro atoms. The number of ether oxygens (including phenoxy) is 1. The molecule has 2 N–H and O–H groups in total. The Morgan fingerprint density at radius 3 is 2.70 bits per heavy atom. The highest BCUT2D eigenvalue weighted by Gasteiger charge is 2.18. The number of carbonyl (C=O) groups is 2. The molecule has 2 aromatic rings. The number of hydrogen-bond acceptors (Lipinski definition) is 6. The van der Waals surface area contributed by atoms with E-state index < -0.39 is 22.5 Å². The molecule has 2 rings (SSSR count). The summed E-state index contributed by atoms with van der Waals surface area (Å²) >= 11 is 0. The number of aromatic hydroxyl groups is 1. The van der Waals surface area contributed by atoms with Crippen molar-refractivity contribution in [3.8, 4) is 17.6 Å². The fourth-order valence-electron chi connectivity index (χ4n) is 2.11. The molecule has 8 heteroatoms. The number of nitro groups is 1. The number of rotatable bonds is 6. The van der Waals surface area contributed by atoms with Crippen LogP contribution in [0.15, 0.2) is 42.5 Å². The zero-order valence-electron chi connectivity index (χ0n) is 14.2. The van der Waals surface area contributed by atoms with Gasteiger partial charge in [0.1, 0.15) is 6.61 Å². The number of nitrogens with zero attached hydrogens (tertiary/aromatic N) is 1. The highest BCUT2D eigenvalue weighted by Crippen LogP contribution is 2.29. The van der Waals surface area contributed by atoms with Gasteiger partial charge in [0.15, 0.2) is 6.29 Å². The highest BCUT2D eigenvalue weighted by molar-refractivity contribution is 5.83. The molecule has 138 valence electrons. The second-order valence-corrected chi connectivity index (χ2v) is 5.35. The monoisotopic (exact) mass is 368 g/mol. The second-order valence-electron chi connectivity index (χ2n) is 5.35. The zero-order valence-corrected chi connectivity index (χ0v) is 14.2. The molecule has 0 unspecified atom stereocenters. The molecule has 0 saturated heterocycles. The first-order valence-electron chi connectivity index (χ1n) is 7.91. The number of aldehydes is 1. The normalized spacial score (nSPS) is 9.63. The molecule has 0 aliphatic rings. The molecule has 0 heterocycles. The van der Waals surface area contributed by atoms with Crippen molar-refractivity contribution in [2.75, 3.05) is 6.54 Å². The van der Waals surface area contributed by atoms with E-state index >= 15 is 0 Å². The minimum absolute atomic E-state index is 0.157. The molecule has 0 aliphatic carbocycles. The quantitative estimate of drug-likeness (QED) is 0.266. The summed E-state index contributed by atoms with van der Waals surface area (Å²) in [5.41, 5.74) is 0.281. The molecule has 1 amide bonds. The molecule has 0 saturated carbocycles. The number of benzene rings is 2. The number of phenolic OH excluding ortho intramolecular Hbond substituents is 1. The van der Waals surface area contributed by atoms with E-state index in [9.17, 15) is 24.8 Å². The Morgan fingerprint density at radius 2 is 2.04 bits per heavy atom. The van der Waals surface area contributed by atoms with E-state index in [1.165, 1.54) is 6.07 Å². The molecule has 0 bridgehead atoms. The van der Waals surface area contributed by atoms with Crippen LogP contribution in [0.5, 0.6) is 5.75 Å². The summed E-state index contributed by atoms with van der Waals surface area (Å²) in [6.07, 6.45) is 0.00718. The SMILES string of the molecule is O=Cc1cc(C#CCCNC(=O)OCc2ccccc2)cc([N+](=O)[O-])c1O. The summed E-state index contributed by atoms with van der Waals surface area (Å²) in [7, 11) is 0. The van der Waals surface area contributed by atoms with E-state index in [1.54, 1.807) is 0 Å². The molecule has 0 aliphatic heterocycles. The Kier molecular flexibility index (Phi) is 6.91. The van der Waals surface area contributed by atoms with Crippen molar-refractivity contribution in [3.05, 3.63) is 69.3 Å². The summed E-state index contributed by atoms with van der Waals surface area (Å²) < 4.78 is 5.04. The minimum atomic E-state index is -0.794. The van der Waals surface area contributed by atoms with Crippen molar-refractivity contribution in [1.29, 1.82) is 0 Å². The van der Waals surface area contributed by atoms with Crippen LogP contribution >= 0.6 is 0 Å². The van der Waals surface area contributed by atoms with Crippen LogP contribution in [-0.2, 0) is 11.3 Å². The number of phenols is 1. The van der Waals surface area contributed by atoms with Gasteiger partial charge in [-0.3, -0.25) is 14.9 Å². The lowest BCUT2D eigenvalue weighted by atomic mass is 10.1. The van der Waals surface area contributed by atoms with Crippen LogP contribution in [0.25, 0.3) is 0 Å². The molecular formula is C19H16N2O6. The van der Waals surface area contributed by atoms with Crippen LogP contribution < -0.4 is 5.32 Å². The Bertz CT molecular complexity index is 900. The van der Waals surface area contributed by atoms with E-state index in [4.69, 9.17) is 4.74 Å². The van der Waals surface area contributed by atoms with Crippen molar-refractivity contribution in [1.82, 2.24) is 5.32 Å². The molecule has 0 fully saturated rings. The number of hydrogen-bond donors (Lipinski definition) is 2. The number of nitrogens with one attached hydrogen (secondary N) is 1. The number of carbonyl (C=O) groups excluding carboxylic acids is 2. The number of alkyl carbamates (subject to hydrolysis) is 1. The van der Waals surface area contributed by atoms with Gasteiger partial charge in [-0.05, 0) is 11.6 Å². The van der Waals surface area contributed by atoms with Gasteiger partial charge in [0.2, 0.25) is 5.75 Å². The summed E-state index contributed by atoms with van der Waals surface area (Å²) in [6.45, 7) is 0.380. The van der Waals surface area contributed by atoms with Gasteiger partial charge in [-0.25, -0.2) is 4.79 Å². The standard InChI is InChI=1S/C19H16N2O6/c22-12-16-10-15(11-17(18(16)23)21(25)26)8-4-5-9-20-19(24)27-13-14-6-2-1-3-7-14/h1-3,6-7,10-12,23H,5,9,13H2,(H,20,24). The zero-order chi connectivity index (χ0) is 19.6. The third-order valence-electron chi connectivity index (χ3n) is 3.41. The van der Waals surface area contributed by atoms with Crippen molar-refractivity contribution < 1.29 is 24.4 Å². The Morgan fingerprint density at radius 1 is 1.30 bits per heavy atom. The fraction of sp³-hybridized carbons (Fsp3) is 0.158. The van der Waals surface area contributed by atoms with Gasteiger partial charge < -0.3 is 15.2 Å². The van der Waals surface area contributed by atoms with Crippen molar-refractivity contribution in [2.45, 2.75) is 13.0 Å². The first-order valence-corrected chi connectivity index (χ1v) is 7.91. The topological polar surface area (TPSA) is 119 Å². The van der Waals surface area contributed by atoms with Gasteiger partial charge in [0, 0.05) is 24.6 Å². The molecular weight excluding hydrogens is 352 g/mol. The summed E-state index contributed by atoms with van der Waals surface area (Å²) in [5, 5.41) is 23.0. The maximum atomic E-state index is 11.6. The lowest BCUT2D eigenvalue weighted by Crippen LogP contribution is -2.24. The predicted octanol–water partition coefficient (Wildman–Crippen LogP) is 2.78.